The van der Waals surface area contributed by atoms with Gasteiger partial charge in [0.05, 0.1) is 0 Å². The molecule has 0 rings (SSSR count). The Hall–Kier alpha value is -2.89. The van der Waals surface area contributed by atoms with Gasteiger partial charge >= 0.3 is 17.9 Å². The lowest BCUT2D eigenvalue weighted by molar-refractivity contribution is -0.167. The van der Waals surface area contributed by atoms with Crippen molar-refractivity contribution in [2.24, 2.45) is 0 Å². The maximum absolute atomic E-state index is 12.9. The van der Waals surface area contributed by atoms with Gasteiger partial charge in [0.15, 0.2) is 6.10 Å². The Labute approximate surface area is 510 Å². The minimum Gasteiger partial charge on any atom is -0.462 e. The minimum absolute atomic E-state index is 0.0755. The van der Waals surface area contributed by atoms with E-state index < -0.39 is 6.10 Å². The van der Waals surface area contributed by atoms with Gasteiger partial charge in [0.2, 0.25) is 0 Å². The van der Waals surface area contributed by atoms with Crippen molar-refractivity contribution in [3.63, 3.8) is 0 Å². The smallest absolute Gasteiger partial charge is 0.306 e. The zero-order valence-corrected chi connectivity index (χ0v) is 55.0. The number of ether oxygens (including phenoxy) is 3. The molecule has 0 fully saturated rings. The van der Waals surface area contributed by atoms with Gasteiger partial charge in [-0.2, -0.15) is 0 Å². The molecule has 0 saturated heterocycles. The average Bonchev–Trinajstić information content (AvgIpc) is 3.48. The number of carbonyl (C=O) groups is 3. The molecule has 0 aliphatic heterocycles. The number of allylic oxidation sites excluding steroid dienone is 10. The van der Waals surface area contributed by atoms with Crippen molar-refractivity contribution >= 4 is 17.9 Å². The molecule has 0 heterocycles. The molecular formula is C76H138O6. The van der Waals surface area contributed by atoms with Gasteiger partial charge in [-0.05, 0) is 83.5 Å². The van der Waals surface area contributed by atoms with Crippen LogP contribution in [0.1, 0.15) is 387 Å². The number of unbranched alkanes of at least 4 members (excludes halogenated alkanes) is 46. The van der Waals surface area contributed by atoms with Crippen LogP contribution in [0.5, 0.6) is 0 Å². The van der Waals surface area contributed by atoms with Crippen molar-refractivity contribution in [3.8, 4) is 0 Å². The number of hydrogen-bond acceptors (Lipinski definition) is 6. The summed E-state index contributed by atoms with van der Waals surface area (Å²) in [6.07, 6.45) is 91.4. The van der Waals surface area contributed by atoms with Crippen LogP contribution in [-0.4, -0.2) is 37.2 Å². The van der Waals surface area contributed by atoms with Crippen LogP contribution in [0.4, 0.5) is 0 Å². The Morgan fingerprint density at radius 2 is 0.476 bits per heavy atom. The normalized spacial score (nSPS) is 12.4. The molecule has 0 spiro atoms. The zero-order chi connectivity index (χ0) is 59.2. The molecule has 0 aromatic carbocycles. The summed E-state index contributed by atoms with van der Waals surface area (Å²) in [5.74, 6) is -0.870. The van der Waals surface area contributed by atoms with Gasteiger partial charge in [0.1, 0.15) is 13.2 Å². The molecule has 1 unspecified atom stereocenters. The molecule has 0 aliphatic carbocycles. The maximum Gasteiger partial charge on any atom is 0.306 e. The van der Waals surface area contributed by atoms with Crippen molar-refractivity contribution in [3.05, 3.63) is 60.8 Å². The Balaban J connectivity index is 4.05. The van der Waals surface area contributed by atoms with Gasteiger partial charge in [-0.15, -0.1) is 0 Å². The van der Waals surface area contributed by atoms with Crippen molar-refractivity contribution in [1.29, 1.82) is 0 Å². The van der Waals surface area contributed by atoms with E-state index in [1.165, 1.54) is 250 Å². The first-order valence-electron chi connectivity index (χ1n) is 36.3. The van der Waals surface area contributed by atoms with Crippen molar-refractivity contribution in [2.45, 2.75) is 393 Å². The standard InChI is InChI=1S/C76H138O6/c1-4-7-10-13-16-19-22-24-26-28-30-31-32-33-34-35-36-37-38-39-40-41-42-43-44-45-47-48-50-52-54-57-60-63-66-69-75(78)81-72-73(71-80-74(77)68-65-62-59-56-21-18-15-12-9-6-3)82-76(79)70-67-64-61-58-55-53-51-49-46-29-27-25-23-20-17-14-11-8-5-2/h8,11,17,20,25,27-28,30,46,49,73H,4-7,9-10,12-16,18-19,21-24,26,29,31-45,47-48,50-72H2,1-3H3/b11-8-,20-17-,27-25-,30-28-,49-46-. The molecule has 0 aromatic heterocycles. The first-order valence-corrected chi connectivity index (χ1v) is 36.3. The molecule has 82 heavy (non-hydrogen) atoms. The average molecular weight is 1150 g/mol. The zero-order valence-electron chi connectivity index (χ0n) is 55.0. The topological polar surface area (TPSA) is 78.9 Å². The van der Waals surface area contributed by atoms with Crippen LogP contribution in [0.2, 0.25) is 0 Å². The minimum atomic E-state index is -0.779. The van der Waals surface area contributed by atoms with Crippen LogP contribution in [0.25, 0.3) is 0 Å². The molecule has 0 bridgehead atoms. The van der Waals surface area contributed by atoms with Gasteiger partial charge < -0.3 is 14.2 Å². The molecule has 0 saturated carbocycles. The molecule has 6 nitrogen and oxygen atoms in total. The maximum atomic E-state index is 12.9. The van der Waals surface area contributed by atoms with Crippen molar-refractivity contribution in [2.75, 3.05) is 13.2 Å². The molecule has 0 radical (unpaired) electrons. The summed E-state index contributed by atoms with van der Waals surface area (Å²) in [4.78, 5) is 38.3. The fraction of sp³-hybridized carbons (Fsp3) is 0.829. The molecule has 478 valence electrons. The Bertz CT molecular complexity index is 1460. The predicted molar refractivity (Wildman–Crippen MR) is 358 cm³/mol. The first-order chi connectivity index (χ1) is 40.5. The number of carbonyl (C=O) groups excluding carboxylic acids is 3. The summed E-state index contributed by atoms with van der Waals surface area (Å²) in [7, 11) is 0. The Morgan fingerprint density at radius 1 is 0.256 bits per heavy atom. The second-order valence-corrected chi connectivity index (χ2v) is 24.5. The lowest BCUT2D eigenvalue weighted by atomic mass is 10.0. The van der Waals surface area contributed by atoms with Gasteiger partial charge in [-0.25, -0.2) is 0 Å². The first kappa shape index (κ1) is 79.1. The van der Waals surface area contributed by atoms with Crippen molar-refractivity contribution in [1.82, 2.24) is 0 Å². The third kappa shape index (κ3) is 67.9. The summed E-state index contributed by atoms with van der Waals surface area (Å²) in [5.41, 5.74) is 0. The largest absolute Gasteiger partial charge is 0.462 e. The molecular weight excluding hydrogens is 1010 g/mol. The quantitative estimate of drug-likeness (QED) is 0.0261. The van der Waals surface area contributed by atoms with E-state index in [-0.39, 0.29) is 31.1 Å². The van der Waals surface area contributed by atoms with Gasteiger partial charge in [-0.3, -0.25) is 14.4 Å². The van der Waals surface area contributed by atoms with Crippen LogP contribution in [0.3, 0.4) is 0 Å². The van der Waals surface area contributed by atoms with E-state index in [1.54, 1.807) is 0 Å². The summed E-state index contributed by atoms with van der Waals surface area (Å²) >= 11 is 0. The second kappa shape index (κ2) is 70.6. The van der Waals surface area contributed by atoms with E-state index in [9.17, 15) is 14.4 Å². The highest BCUT2D eigenvalue weighted by Gasteiger charge is 2.19. The fourth-order valence-electron chi connectivity index (χ4n) is 10.8. The molecule has 0 amide bonds. The predicted octanol–water partition coefficient (Wildman–Crippen LogP) is 25.1. The third-order valence-corrected chi connectivity index (χ3v) is 16.3. The van der Waals surface area contributed by atoms with E-state index >= 15 is 0 Å². The lowest BCUT2D eigenvalue weighted by Crippen LogP contribution is -2.30. The Morgan fingerprint density at radius 3 is 0.756 bits per heavy atom. The van der Waals surface area contributed by atoms with Crippen molar-refractivity contribution < 1.29 is 28.6 Å². The monoisotopic (exact) mass is 1150 g/mol. The molecule has 1 atom stereocenters. The van der Waals surface area contributed by atoms with Crippen LogP contribution in [-0.2, 0) is 28.6 Å². The Kier molecular flexibility index (Phi) is 68.1. The molecule has 0 aliphatic rings. The van der Waals surface area contributed by atoms with Crippen LogP contribution < -0.4 is 0 Å². The molecule has 0 N–H and O–H groups in total. The second-order valence-electron chi connectivity index (χ2n) is 24.5. The molecule has 0 aromatic rings. The van der Waals surface area contributed by atoms with E-state index in [4.69, 9.17) is 14.2 Å². The van der Waals surface area contributed by atoms with Gasteiger partial charge in [0, 0.05) is 19.3 Å². The van der Waals surface area contributed by atoms with E-state index in [0.717, 1.165) is 96.3 Å². The third-order valence-electron chi connectivity index (χ3n) is 16.3. The highest BCUT2D eigenvalue weighted by molar-refractivity contribution is 5.71. The van der Waals surface area contributed by atoms with E-state index in [1.807, 2.05) is 0 Å². The summed E-state index contributed by atoms with van der Waals surface area (Å²) in [6.45, 7) is 6.56. The number of hydrogen-bond donors (Lipinski definition) is 0. The highest BCUT2D eigenvalue weighted by atomic mass is 16.6. The fourth-order valence-corrected chi connectivity index (χ4v) is 10.8. The van der Waals surface area contributed by atoms with E-state index in [2.05, 4.69) is 81.5 Å². The summed E-state index contributed by atoms with van der Waals surface area (Å²) in [5, 5.41) is 0. The van der Waals surface area contributed by atoms with Gasteiger partial charge in [0.25, 0.3) is 0 Å². The summed E-state index contributed by atoms with van der Waals surface area (Å²) in [6, 6.07) is 0. The summed E-state index contributed by atoms with van der Waals surface area (Å²) < 4.78 is 16.9. The van der Waals surface area contributed by atoms with Crippen LogP contribution in [0.15, 0.2) is 60.8 Å². The van der Waals surface area contributed by atoms with Crippen LogP contribution in [0, 0.1) is 0 Å². The highest BCUT2D eigenvalue weighted by Crippen LogP contribution is 2.18. The van der Waals surface area contributed by atoms with Gasteiger partial charge in [-0.1, -0.05) is 345 Å². The SMILES string of the molecule is CC/C=C\C/C=C\C/C=C\C/C=C\CCCCCCCCC(=O)OC(COC(=O)CCCCCCCCCCCC)COC(=O)CCCCCCCCCCCCCCCCCCCCCCCCC/C=C\CCCCCCCCCC. The lowest BCUT2D eigenvalue weighted by Gasteiger charge is -2.18. The number of rotatable bonds is 67. The molecule has 6 heteroatoms. The number of esters is 3. The van der Waals surface area contributed by atoms with E-state index in [0.29, 0.717) is 19.3 Å². The van der Waals surface area contributed by atoms with Crippen LogP contribution >= 0.6 is 0 Å².